The van der Waals surface area contributed by atoms with Crippen LogP contribution in [0.15, 0.2) is 16.6 Å². The van der Waals surface area contributed by atoms with Crippen molar-refractivity contribution < 1.29 is 14.1 Å². The van der Waals surface area contributed by atoms with Gasteiger partial charge in [0, 0.05) is 18.7 Å². The van der Waals surface area contributed by atoms with Crippen molar-refractivity contribution in [1.82, 2.24) is 5.32 Å². The van der Waals surface area contributed by atoms with E-state index < -0.39 is 10.7 Å². The summed E-state index contributed by atoms with van der Waals surface area (Å²) in [7, 11) is 0. The molecule has 5 nitrogen and oxygen atoms in total. The lowest BCUT2D eigenvalue weighted by Crippen LogP contribution is -2.21. The highest BCUT2D eigenvalue weighted by molar-refractivity contribution is 9.10. The van der Waals surface area contributed by atoms with E-state index in [0.717, 1.165) is 25.1 Å². The Morgan fingerprint density at radius 2 is 2.22 bits per heavy atom. The molecule has 0 aliphatic heterocycles. The molecule has 0 aromatic heterocycles. The largest absolute Gasteiger partial charge is 0.485 e. The Balaban J connectivity index is 2.68. The van der Waals surface area contributed by atoms with Crippen LogP contribution in [0.1, 0.15) is 13.3 Å². The zero-order chi connectivity index (χ0) is 13.5. The molecule has 18 heavy (non-hydrogen) atoms. The van der Waals surface area contributed by atoms with Crippen LogP contribution in [-0.2, 0) is 0 Å². The van der Waals surface area contributed by atoms with Crippen molar-refractivity contribution in [2.24, 2.45) is 0 Å². The number of hydrogen-bond donors (Lipinski definition) is 1. The van der Waals surface area contributed by atoms with Gasteiger partial charge in [-0.25, -0.2) is 4.39 Å². The number of nitrogens with one attached hydrogen (secondary N) is 1. The molecule has 0 unspecified atom stereocenters. The number of rotatable bonds is 7. The number of nitrogens with zero attached hydrogens (tertiary/aromatic N) is 1. The second-order valence-corrected chi connectivity index (χ2v) is 4.44. The summed E-state index contributed by atoms with van der Waals surface area (Å²) >= 11 is 2.90. The average Bonchev–Trinajstić information content (AvgIpc) is 2.32. The minimum absolute atomic E-state index is 0.0469. The van der Waals surface area contributed by atoms with Crippen LogP contribution in [-0.4, -0.2) is 24.6 Å². The Kier molecular flexibility index (Phi) is 6.00. The number of halogens is 2. The highest BCUT2D eigenvalue weighted by Crippen LogP contribution is 2.32. The quantitative estimate of drug-likeness (QED) is 0.476. The third kappa shape index (κ3) is 4.23. The summed E-state index contributed by atoms with van der Waals surface area (Å²) in [6, 6.07) is 2.12. The zero-order valence-corrected chi connectivity index (χ0v) is 11.5. The van der Waals surface area contributed by atoms with Crippen molar-refractivity contribution in [2.45, 2.75) is 13.3 Å². The monoisotopic (exact) mass is 320 g/mol. The molecule has 1 rings (SSSR count). The van der Waals surface area contributed by atoms with E-state index in [-0.39, 0.29) is 22.5 Å². The summed E-state index contributed by atoms with van der Waals surface area (Å²) in [5.41, 5.74) is -0.251. The van der Waals surface area contributed by atoms with Crippen molar-refractivity contribution >= 4 is 21.6 Å². The van der Waals surface area contributed by atoms with Gasteiger partial charge in [-0.1, -0.05) is 6.92 Å². The zero-order valence-electron chi connectivity index (χ0n) is 9.91. The van der Waals surface area contributed by atoms with Crippen LogP contribution in [0.25, 0.3) is 0 Å². The van der Waals surface area contributed by atoms with E-state index in [9.17, 15) is 14.5 Å². The summed E-state index contributed by atoms with van der Waals surface area (Å²) in [5, 5.41) is 13.9. The maximum atomic E-state index is 13.3. The highest BCUT2D eigenvalue weighted by atomic mass is 79.9. The van der Waals surface area contributed by atoms with E-state index in [1.165, 1.54) is 0 Å². The highest BCUT2D eigenvalue weighted by Gasteiger charge is 2.18. The Bertz CT molecular complexity index is 429. The van der Waals surface area contributed by atoms with E-state index >= 15 is 0 Å². The van der Waals surface area contributed by atoms with Crippen molar-refractivity contribution in [1.29, 1.82) is 0 Å². The molecular formula is C11H14BrFN2O3. The number of nitro groups is 1. The van der Waals surface area contributed by atoms with Gasteiger partial charge in [-0.05, 0) is 28.9 Å². The maximum absolute atomic E-state index is 13.3. The average molecular weight is 321 g/mol. The molecular weight excluding hydrogens is 307 g/mol. The maximum Gasteiger partial charge on any atom is 0.312 e. The number of ether oxygens (including phenoxy) is 1. The molecule has 0 heterocycles. The van der Waals surface area contributed by atoms with E-state index in [0.29, 0.717) is 6.54 Å². The SMILES string of the molecule is CCCNCCOc1cc(F)c(Br)cc1[N+](=O)[O-]. The predicted molar refractivity (Wildman–Crippen MR) is 69.4 cm³/mol. The fourth-order valence-corrected chi connectivity index (χ4v) is 1.64. The van der Waals surface area contributed by atoms with Gasteiger partial charge in [-0.2, -0.15) is 0 Å². The van der Waals surface area contributed by atoms with Gasteiger partial charge in [0.1, 0.15) is 12.4 Å². The first-order chi connectivity index (χ1) is 8.56. The van der Waals surface area contributed by atoms with Crippen molar-refractivity contribution in [3.63, 3.8) is 0 Å². The van der Waals surface area contributed by atoms with Gasteiger partial charge in [-0.3, -0.25) is 10.1 Å². The molecule has 0 aliphatic rings. The Labute approximate surface area is 113 Å². The van der Waals surface area contributed by atoms with Crippen LogP contribution in [0, 0.1) is 15.9 Å². The van der Waals surface area contributed by atoms with Crippen LogP contribution < -0.4 is 10.1 Å². The smallest absolute Gasteiger partial charge is 0.312 e. The topological polar surface area (TPSA) is 64.4 Å². The Hall–Kier alpha value is -1.21. The molecule has 1 aromatic rings. The van der Waals surface area contributed by atoms with Crippen LogP contribution in [0.3, 0.4) is 0 Å². The molecule has 0 atom stereocenters. The van der Waals surface area contributed by atoms with Crippen LogP contribution in [0.2, 0.25) is 0 Å². The van der Waals surface area contributed by atoms with E-state index in [1.807, 2.05) is 6.92 Å². The van der Waals surface area contributed by atoms with Crippen molar-refractivity contribution in [2.75, 3.05) is 19.7 Å². The molecule has 100 valence electrons. The van der Waals surface area contributed by atoms with Gasteiger partial charge >= 0.3 is 5.69 Å². The molecule has 0 saturated heterocycles. The molecule has 0 radical (unpaired) electrons. The van der Waals surface area contributed by atoms with Gasteiger partial charge in [0.25, 0.3) is 0 Å². The fraction of sp³-hybridized carbons (Fsp3) is 0.455. The summed E-state index contributed by atoms with van der Waals surface area (Å²) in [5.74, 6) is -0.642. The predicted octanol–water partition coefficient (Wildman–Crippen LogP) is 2.87. The number of nitro benzene ring substituents is 1. The molecule has 0 fully saturated rings. The van der Waals surface area contributed by atoms with Gasteiger partial charge in [0.05, 0.1) is 9.40 Å². The first kappa shape index (κ1) is 14.8. The summed E-state index contributed by atoms with van der Waals surface area (Å²) < 4.78 is 18.6. The Morgan fingerprint density at radius 1 is 1.50 bits per heavy atom. The molecule has 1 aromatic carbocycles. The van der Waals surface area contributed by atoms with Gasteiger partial charge in [-0.15, -0.1) is 0 Å². The molecule has 1 N–H and O–H groups in total. The van der Waals surface area contributed by atoms with Gasteiger partial charge in [0.2, 0.25) is 0 Å². The minimum atomic E-state index is -0.598. The fourth-order valence-electron chi connectivity index (χ4n) is 1.31. The van der Waals surface area contributed by atoms with Crippen molar-refractivity contribution in [3.8, 4) is 5.75 Å². The molecule has 0 bridgehead atoms. The lowest BCUT2D eigenvalue weighted by atomic mass is 10.3. The van der Waals surface area contributed by atoms with Gasteiger partial charge in [0.15, 0.2) is 5.75 Å². The standard InChI is InChI=1S/C11H14BrFN2O3/c1-2-3-14-4-5-18-11-7-9(13)8(12)6-10(11)15(16)17/h6-7,14H,2-5H2,1H3. The normalized spacial score (nSPS) is 10.4. The summed E-state index contributed by atoms with van der Waals surface area (Å²) in [4.78, 5) is 10.2. The first-order valence-electron chi connectivity index (χ1n) is 5.53. The third-order valence-corrected chi connectivity index (χ3v) is 2.77. The van der Waals surface area contributed by atoms with Gasteiger partial charge < -0.3 is 10.1 Å². The Morgan fingerprint density at radius 3 is 2.83 bits per heavy atom. The molecule has 0 spiro atoms. The van der Waals surface area contributed by atoms with Crippen LogP contribution in [0.4, 0.5) is 10.1 Å². The number of benzene rings is 1. The second kappa shape index (κ2) is 7.27. The van der Waals surface area contributed by atoms with Crippen molar-refractivity contribution in [3.05, 3.63) is 32.5 Å². The third-order valence-electron chi connectivity index (χ3n) is 2.16. The molecule has 0 saturated carbocycles. The molecule has 7 heteroatoms. The minimum Gasteiger partial charge on any atom is -0.485 e. The van der Waals surface area contributed by atoms with E-state index in [4.69, 9.17) is 4.74 Å². The van der Waals surface area contributed by atoms with E-state index in [2.05, 4.69) is 21.2 Å². The van der Waals surface area contributed by atoms with Crippen LogP contribution in [0.5, 0.6) is 5.75 Å². The van der Waals surface area contributed by atoms with Crippen LogP contribution >= 0.6 is 15.9 Å². The lowest BCUT2D eigenvalue weighted by molar-refractivity contribution is -0.386. The molecule has 0 aliphatic carbocycles. The molecule has 0 amide bonds. The summed E-state index contributed by atoms with van der Waals surface area (Å²) in [6.07, 6.45) is 0.993. The summed E-state index contributed by atoms with van der Waals surface area (Å²) in [6.45, 7) is 3.69. The number of hydrogen-bond acceptors (Lipinski definition) is 4. The lowest BCUT2D eigenvalue weighted by Gasteiger charge is -2.08. The second-order valence-electron chi connectivity index (χ2n) is 3.59. The van der Waals surface area contributed by atoms with E-state index in [1.54, 1.807) is 0 Å². The first-order valence-corrected chi connectivity index (χ1v) is 6.32.